The molecule has 0 amide bonds. The monoisotopic (exact) mass is 200 g/mol. The smallest absolute Gasteiger partial charge is 0.0774 e. The fraction of sp³-hybridized carbons (Fsp3) is 0.667. The summed E-state index contributed by atoms with van der Waals surface area (Å²) in [5, 5.41) is 4.42. The van der Waals surface area contributed by atoms with Gasteiger partial charge >= 0.3 is 0 Å². The zero-order chi connectivity index (χ0) is 9.26. The zero-order valence-corrected chi connectivity index (χ0v) is 8.42. The number of alkyl halides is 1. The number of hydrogen-bond acceptors (Lipinski definition) is 2. The topological polar surface area (TPSA) is 27.1 Å². The van der Waals surface area contributed by atoms with Crippen LogP contribution in [0.2, 0.25) is 0 Å². The maximum atomic E-state index is 5.77. The number of aryl methyl sites for hydroxylation is 1. The molecule has 13 heavy (non-hydrogen) atoms. The minimum Gasteiger partial charge on any atom is -0.379 e. The number of halogens is 1. The van der Waals surface area contributed by atoms with E-state index in [-0.39, 0.29) is 0 Å². The molecule has 4 heteroatoms. The molecule has 0 bridgehead atoms. The van der Waals surface area contributed by atoms with E-state index in [1.54, 1.807) is 0 Å². The van der Waals surface area contributed by atoms with Crippen LogP contribution in [-0.4, -0.2) is 23.0 Å². The predicted octanol–water partition coefficient (Wildman–Crippen LogP) is 1.89. The first-order chi connectivity index (χ1) is 6.31. The third-order valence-electron chi connectivity index (χ3n) is 2.44. The summed E-state index contributed by atoms with van der Waals surface area (Å²) in [6.07, 6.45) is 3.09. The summed E-state index contributed by atoms with van der Waals surface area (Å²) in [5.74, 6) is 0.541. The first-order valence-electron chi connectivity index (χ1n) is 4.49. The predicted molar refractivity (Wildman–Crippen MR) is 51.0 cm³/mol. The number of rotatable bonds is 2. The molecule has 0 aliphatic carbocycles. The van der Waals surface area contributed by atoms with Crippen LogP contribution in [0.15, 0.2) is 6.20 Å². The summed E-state index contributed by atoms with van der Waals surface area (Å²) < 4.78 is 7.29. The lowest BCUT2D eigenvalue weighted by atomic mass is 10.2. The average Bonchev–Trinajstić information content (AvgIpc) is 2.71. The van der Waals surface area contributed by atoms with Crippen LogP contribution in [-0.2, 0) is 10.6 Å². The summed E-state index contributed by atoms with van der Waals surface area (Å²) in [4.78, 5) is 0. The van der Waals surface area contributed by atoms with Gasteiger partial charge in [0.25, 0.3) is 0 Å². The number of nitrogens with zero attached hydrogens (tertiary/aromatic N) is 2. The number of hydrogen-bond donors (Lipinski definition) is 0. The van der Waals surface area contributed by atoms with Crippen molar-refractivity contribution in [1.82, 2.24) is 9.78 Å². The SMILES string of the molecule is Cc1nn(C2CCOC2)cc1CCl. The Morgan fingerprint density at radius 2 is 2.62 bits per heavy atom. The van der Waals surface area contributed by atoms with Gasteiger partial charge in [-0.2, -0.15) is 5.10 Å². The van der Waals surface area contributed by atoms with Gasteiger partial charge in [-0.3, -0.25) is 4.68 Å². The molecule has 1 aromatic rings. The fourth-order valence-electron chi connectivity index (χ4n) is 1.57. The summed E-state index contributed by atoms with van der Waals surface area (Å²) in [7, 11) is 0. The van der Waals surface area contributed by atoms with Crippen LogP contribution in [0.4, 0.5) is 0 Å². The van der Waals surface area contributed by atoms with E-state index in [4.69, 9.17) is 16.3 Å². The fourth-order valence-corrected chi connectivity index (χ4v) is 1.83. The average molecular weight is 201 g/mol. The summed E-state index contributed by atoms with van der Waals surface area (Å²) in [5.41, 5.74) is 2.15. The molecular formula is C9H13ClN2O. The van der Waals surface area contributed by atoms with Gasteiger partial charge in [-0.25, -0.2) is 0 Å². The van der Waals surface area contributed by atoms with Crippen LogP contribution >= 0.6 is 11.6 Å². The van der Waals surface area contributed by atoms with E-state index in [0.717, 1.165) is 30.9 Å². The Hall–Kier alpha value is -0.540. The van der Waals surface area contributed by atoms with E-state index in [9.17, 15) is 0 Å². The molecule has 1 aromatic heterocycles. The van der Waals surface area contributed by atoms with Crippen LogP contribution in [0.1, 0.15) is 23.7 Å². The quantitative estimate of drug-likeness (QED) is 0.682. The summed E-state index contributed by atoms with van der Waals surface area (Å²) in [6.45, 7) is 3.62. The van der Waals surface area contributed by atoms with Crippen molar-refractivity contribution in [3.63, 3.8) is 0 Å². The Morgan fingerprint density at radius 3 is 3.15 bits per heavy atom. The Bertz CT molecular complexity index is 292. The maximum Gasteiger partial charge on any atom is 0.0774 e. The molecule has 1 atom stereocenters. The summed E-state index contributed by atoms with van der Waals surface area (Å²) >= 11 is 5.77. The van der Waals surface area contributed by atoms with Crippen molar-refractivity contribution in [1.29, 1.82) is 0 Å². The minimum absolute atomic E-state index is 0.413. The van der Waals surface area contributed by atoms with Gasteiger partial charge in [0.05, 0.1) is 24.2 Å². The molecule has 1 saturated heterocycles. The van der Waals surface area contributed by atoms with Crippen molar-refractivity contribution in [2.75, 3.05) is 13.2 Å². The first kappa shape index (κ1) is 9.03. The zero-order valence-electron chi connectivity index (χ0n) is 7.66. The second-order valence-corrected chi connectivity index (χ2v) is 3.64. The standard InChI is InChI=1S/C9H13ClN2O/c1-7-8(4-10)5-12(11-7)9-2-3-13-6-9/h5,9H,2-4,6H2,1H3. The van der Waals surface area contributed by atoms with Gasteiger partial charge in [0, 0.05) is 18.4 Å². The van der Waals surface area contributed by atoms with E-state index in [1.165, 1.54) is 0 Å². The molecule has 2 heterocycles. The number of ether oxygens (including phenoxy) is 1. The Labute approximate surface area is 82.6 Å². The molecule has 72 valence electrons. The number of aromatic nitrogens is 2. The van der Waals surface area contributed by atoms with E-state index in [2.05, 4.69) is 5.10 Å². The van der Waals surface area contributed by atoms with Crippen LogP contribution in [0.3, 0.4) is 0 Å². The van der Waals surface area contributed by atoms with E-state index >= 15 is 0 Å². The Morgan fingerprint density at radius 1 is 1.77 bits per heavy atom. The van der Waals surface area contributed by atoms with Gasteiger partial charge in [0.1, 0.15) is 0 Å². The largest absolute Gasteiger partial charge is 0.379 e. The molecule has 2 rings (SSSR count). The van der Waals surface area contributed by atoms with Gasteiger partial charge in [-0.15, -0.1) is 11.6 Å². The van der Waals surface area contributed by atoms with Crippen molar-refractivity contribution in [3.8, 4) is 0 Å². The van der Waals surface area contributed by atoms with Gasteiger partial charge in [0.15, 0.2) is 0 Å². The van der Waals surface area contributed by atoms with Crippen molar-refractivity contribution < 1.29 is 4.74 Å². The molecule has 0 N–H and O–H groups in total. The van der Waals surface area contributed by atoms with Crippen molar-refractivity contribution in [2.24, 2.45) is 0 Å². The lowest BCUT2D eigenvalue weighted by molar-refractivity contribution is 0.184. The van der Waals surface area contributed by atoms with Crippen molar-refractivity contribution >= 4 is 11.6 Å². The molecule has 1 unspecified atom stereocenters. The normalized spacial score (nSPS) is 22.5. The maximum absolute atomic E-state index is 5.77. The van der Waals surface area contributed by atoms with Gasteiger partial charge in [0.2, 0.25) is 0 Å². The molecule has 1 fully saturated rings. The lowest BCUT2D eigenvalue weighted by Gasteiger charge is -2.06. The molecule has 1 aliphatic rings. The van der Waals surface area contributed by atoms with Crippen molar-refractivity contribution in [3.05, 3.63) is 17.5 Å². The van der Waals surface area contributed by atoms with E-state index < -0.39 is 0 Å². The highest BCUT2D eigenvalue weighted by atomic mass is 35.5. The molecule has 3 nitrogen and oxygen atoms in total. The highest BCUT2D eigenvalue weighted by molar-refractivity contribution is 6.17. The second-order valence-electron chi connectivity index (χ2n) is 3.37. The Kier molecular flexibility index (Phi) is 2.56. The first-order valence-corrected chi connectivity index (χ1v) is 5.03. The van der Waals surface area contributed by atoms with E-state index in [1.807, 2.05) is 17.8 Å². The molecule has 0 aromatic carbocycles. The second kappa shape index (κ2) is 3.68. The molecule has 0 saturated carbocycles. The van der Waals surface area contributed by atoms with Crippen LogP contribution < -0.4 is 0 Å². The highest BCUT2D eigenvalue weighted by Crippen LogP contribution is 2.20. The van der Waals surface area contributed by atoms with Crippen LogP contribution in [0.5, 0.6) is 0 Å². The van der Waals surface area contributed by atoms with Gasteiger partial charge < -0.3 is 4.74 Å². The lowest BCUT2D eigenvalue weighted by Crippen LogP contribution is -2.08. The molecular weight excluding hydrogens is 188 g/mol. The third-order valence-corrected chi connectivity index (χ3v) is 2.73. The highest BCUT2D eigenvalue weighted by Gasteiger charge is 2.19. The third kappa shape index (κ3) is 1.71. The van der Waals surface area contributed by atoms with Crippen LogP contribution in [0, 0.1) is 6.92 Å². The van der Waals surface area contributed by atoms with Gasteiger partial charge in [-0.05, 0) is 13.3 Å². The van der Waals surface area contributed by atoms with Crippen molar-refractivity contribution in [2.45, 2.75) is 25.3 Å². The van der Waals surface area contributed by atoms with Crippen LogP contribution in [0.25, 0.3) is 0 Å². The minimum atomic E-state index is 0.413. The van der Waals surface area contributed by atoms with E-state index in [0.29, 0.717) is 11.9 Å². The molecule has 0 radical (unpaired) electrons. The van der Waals surface area contributed by atoms with Gasteiger partial charge in [-0.1, -0.05) is 0 Å². The molecule has 1 aliphatic heterocycles. The summed E-state index contributed by atoms with van der Waals surface area (Å²) in [6, 6.07) is 0.413. The Balaban J connectivity index is 2.20. The molecule has 0 spiro atoms.